The molecule has 0 spiro atoms. The monoisotopic (exact) mass is 724 g/mol. The molecule has 8 atom stereocenters. The summed E-state index contributed by atoms with van der Waals surface area (Å²) >= 11 is 0. The maximum Gasteiger partial charge on any atom is 0.330 e. The van der Waals surface area contributed by atoms with E-state index in [0.29, 0.717) is 32.3 Å². The molecule has 3 N–H and O–H groups in total. The van der Waals surface area contributed by atoms with E-state index in [0.717, 1.165) is 25.7 Å². The van der Waals surface area contributed by atoms with Gasteiger partial charge in [0.15, 0.2) is 12.4 Å². The van der Waals surface area contributed by atoms with Gasteiger partial charge in [0.2, 0.25) is 5.79 Å². The van der Waals surface area contributed by atoms with Gasteiger partial charge < -0.3 is 48.5 Å². The zero-order valence-electron chi connectivity index (χ0n) is 30.8. The molecule has 3 aliphatic heterocycles. The number of hydrogen-bond acceptors (Lipinski definition) is 13. The van der Waals surface area contributed by atoms with Crippen molar-refractivity contribution >= 4 is 17.9 Å². The molecule has 290 valence electrons. The average molecular weight is 725 g/mol. The molecule has 3 heterocycles. The lowest BCUT2D eigenvalue weighted by Gasteiger charge is -2.51. The third kappa shape index (κ3) is 13.4. The Kier molecular flexibility index (Phi) is 17.7. The van der Waals surface area contributed by atoms with Crippen molar-refractivity contribution in [1.82, 2.24) is 0 Å². The van der Waals surface area contributed by atoms with Gasteiger partial charge in [0.1, 0.15) is 6.10 Å². The second kappa shape index (κ2) is 21.2. The Balaban J connectivity index is 2.04. The average Bonchev–Trinajstić information content (AvgIpc) is 3.08. The number of ether oxygens (including phenoxy) is 7. The number of cyclic esters (lactones) is 1. The molecule has 0 radical (unpaired) electrons. The number of esters is 3. The van der Waals surface area contributed by atoms with Crippen molar-refractivity contribution in [3.05, 3.63) is 36.5 Å². The van der Waals surface area contributed by atoms with E-state index in [9.17, 15) is 29.7 Å². The number of aliphatic hydroxyl groups is 3. The quantitative estimate of drug-likeness (QED) is 0.0902. The summed E-state index contributed by atoms with van der Waals surface area (Å²) in [6, 6.07) is 0. The second-order valence-electron chi connectivity index (χ2n) is 14.2. The minimum atomic E-state index is -2.27. The molecule has 3 aliphatic rings. The molecule has 0 aromatic heterocycles. The maximum absolute atomic E-state index is 13.3. The van der Waals surface area contributed by atoms with Crippen molar-refractivity contribution in [2.45, 2.75) is 153 Å². The molecular weight excluding hydrogens is 664 g/mol. The predicted molar refractivity (Wildman–Crippen MR) is 186 cm³/mol. The molecule has 13 nitrogen and oxygen atoms in total. The highest BCUT2D eigenvalue weighted by Crippen LogP contribution is 2.47. The first-order valence-corrected chi connectivity index (χ1v) is 18.4. The number of hydrogen-bond donors (Lipinski definition) is 3. The number of carbonyl (C=O) groups is 3. The summed E-state index contributed by atoms with van der Waals surface area (Å²) in [6.07, 6.45) is 6.85. The molecule has 3 rings (SSSR count). The predicted octanol–water partition coefficient (Wildman–Crippen LogP) is 4.35. The first kappa shape index (κ1) is 42.8. The third-order valence-corrected chi connectivity index (χ3v) is 9.55. The Morgan fingerprint density at radius 1 is 1.04 bits per heavy atom. The van der Waals surface area contributed by atoms with Crippen LogP contribution in [-0.4, -0.2) is 109 Å². The van der Waals surface area contributed by atoms with Crippen LogP contribution in [-0.2, 0) is 47.5 Å². The highest BCUT2D eigenvalue weighted by molar-refractivity contribution is 5.83. The van der Waals surface area contributed by atoms with Crippen molar-refractivity contribution < 1.29 is 62.9 Å². The van der Waals surface area contributed by atoms with E-state index < -0.39 is 66.4 Å². The molecule has 0 saturated carbocycles. The minimum absolute atomic E-state index is 0.0145. The summed E-state index contributed by atoms with van der Waals surface area (Å²) < 4.78 is 41.0. The highest BCUT2D eigenvalue weighted by Gasteiger charge is 2.57. The lowest BCUT2D eigenvalue weighted by Crippen LogP contribution is -2.62. The van der Waals surface area contributed by atoms with Crippen molar-refractivity contribution in [2.75, 3.05) is 26.9 Å². The number of aliphatic hydroxyl groups excluding tert-OH is 2. The van der Waals surface area contributed by atoms with Crippen molar-refractivity contribution in [3.8, 4) is 0 Å². The summed E-state index contributed by atoms with van der Waals surface area (Å²) in [5.74, 6) is -4.29. The fourth-order valence-electron chi connectivity index (χ4n) is 6.55. The number of methoxy groups -OCH3 is 1. The summed E-state index contributed by atoms with van der Waals surface area (Å²) in [7, 11) is 1.21. The fraction of sp³-hybridized carbons (Fsp3) is 0.763. The van der Waals surface area contributed by atoms with Gasteiger partial charge >= 0.3 is 17.9 Å². The molecule has 2 fully saturated rings. The summed E-state index contributed by atoms with van der Waals surface area (Å²) in [5.41, 5.74) is -1.08. The van der Waals surface area contributed by atoms with E-state index in [1.54, 1.807) is 32.1 Å². The van der Waals surface area contributed by atoms with Gasteiger partial charge in [-0.25, -0.2) is 4.79 Å². The minimum Gasteiger partial charge on any atom is -0.466 e. The van der Waals surface area contributed by atoms with E-state index in [1.165, 1.54) is 13.2 Å². The molecule has 1 unspecified atom stereocenters. The Morgan fingerprint density at radius 3 is 2.47 bits per heavy atom. The molecule has 0 amide bonds. The zero-order valence-corrected chi connectivity index (χ0v) is 30.8. The third-order valence-electron chi connectivity index (χ3n) is 9.55. The lowest BCUT2D eigenvalue weighted by atomic mass is 9.74. The molecule has 0 aromatic carbocycles. The number of fused-ring (bicyclic) bond motifs is 4. The van der Waals surface area contributed by atoms with Crippen molar-refractivity contribution in [1.29, 1.82) is 0 Å². The van der Waals surface area contributed by atoms with Gasteiger partial charge in [-0.1, -0.05) is 58.6 Å². The highest BCUT2D eigenvalue weighted by atomic mass is 16.7. The molecular formula is C38H60O13. The van der Waals surface area contributed by atoms with E-state index in [1.807, 2.05) is 0 Å². The first-order chi connectivity index (χ1) is 24.3. The van der Waals surface area contributed by atoms with Crippen LogP contribution in [0.4, 0.5) is 0 Å². The second-order valence-corrected chi connectivity index (χ2v) is 14.2. The Labute approximate surface area is 302 Å². The van der Waals surface area contributed by atoms with E-state index in [-0.39, 0.29) is 56.5 Å². The summed E-state index contributed by atoms with van der Waals surface area (Å²) in [6.45, 7) is 9.35. The normalized spacial score (nSPS) is 33.7. The molecule has 0 aliphatic carbocycles. The van der Waals surface area contributed by atoms with Crippen molar-refractivity contribution in [2.24, 2.45) is 5.41 Å². The molecule has 2 saturated heterocycles. The SMILES string of the molecule is C=CC[C@H]1CC2CCOCC[C@@H](O)CC(=O)O[C@@H](CO)C[C@@H]3C/C(=C\C(=O)OC)[C@H](OC(=O)CCCCCCC)[C@@](O)(O3)C(C)(C)/C=C/[C@H](O2)O1. The van der Waals surface area contributed by atoms with E-state index >= 15 is 0 Å². The van der Waals surface area contributed by atoms with Crippen LogP contribution in [0.5, 0.6) is 0 Å². The van der Waals surface area contributed by atoms with Gasteiger partial charge in [0.25, 0.3) is 0 Å². The van der Waals surface area contributed by atoms with Gasteiger partial charge in [-0.15, -0.1) is 6.58 Å². The number of unbranched alkanes of at least 4 members (excludes halogenated alkanes) is 4. The maximum atomic E-state index is 13.3. The Bertz CT molecular complexity index is 1180. The number of rotatable bonds is 11. The fourth-order valence-corrected chi connectivity index (χ4v) is 6.55. The number of carbonyl (C=O) groups excluding carboxylic acids is 3. The molecule has 13 heteroatoms. The van der Waals surface area contributed by atoms with Crippen LogP contribution in [0.1, 0.15) is 104 Å². The van der Waals surface area contributed by atoms with Gasteiger partial charge in [-0.05, 0) is 43.8 Å². The van der Waals surface area contributed by atoms with Gasteiger partial charge in [-0.3, -0.25) is 9.59 Å². The largest absolute Gasteiger partial charge is 0.466 e. The van der Waals surface area contributed by atoms with Crippen LogP contribution in [0.3, 0.4) is 0 Å². The van der Waals surface area contributed by atoms with E-state index in [2.05, 4.69) is 13.5 Å². The van der Waals surface area contributed by atoms with Crippen LogP contribution in [0.15, 0.2) is 36.5 Å². The van der Waals surface area contributed by atoms with Crippen LogP contribution in [0, 0.1) is 5.41 Å². The molecule has 51 heavy (non-hydrogen) atoms. The standard InChI is InChI=1S/C38H60O13/c1-6-8-9-10-11-13-32(41)50-36-26(21-33(42)45-5)20-30-24-31(25-39)47-34(43)22-27(40)15-18-46-19-16-29-23-28(12-7-2)48-35(49-29)14-17-37(3,4)38(36,44)51-30/h7,14,17,21,27-31,35-36,39-40,44H,2,6,8-13,15-16,18-20,22-25H2,1,3-5H3/b17-14+,26-21+/t27-,28+,29?,30+,31-,35+,36+,38-/m1/s1. The lowest BCUT2D eigenvalue weighted by molar-refractivity contribution is -0.327. The van der Waals surface area contributed by atoms with Crippen LogP contribution in [0.2, 0.25) is 0 Å². The summed E-state index contributed by atoms with van der Waals surface area (Å²) in [5, 5.41) is 33.3. The Hall–Kier alpha value is -2.65. The topological polar surface area (TPSA) is 177 Å². The zero-order chi connectivity index (χ0) is 37.4. The first-order valence-electron chi connectivity index (χ1n) is 18.4. The van der Waals surface area contributed by atoms with E-state index in [4.69, 9.17) is 33.2 Å². The van der Waals surface area contributed by atoms with Gasteiger partial charge in [0.05, 0.1) is 44.6 Å². The van der Waals surface area contributed by atoms with Gasteiger partial charge in [-0.2, -0.15) is 0 Å². The van der Waals surface area contributed by atoms with Crippen molar-refractivity contribution in [3.63, 3.8) is 0 Å². The molecule has 0 aromatic rings. The van der Waals surface area contributed by atoms with Crippen LogP contribution < -0.4 is 0 Å². The van der Waals surface area contributed by atoms with Gasteiger partial charge in [0, 0.05) is 44.0 Å². The van der Waals surface area contributed by atoms with Crippen LogP contribution in [0.25, 0.3) is 0 Å². The smallest absolute Gasteiger partial charge is 0.330 e. The Morgan fingerprint density at radius 2 is 1.76 bits per heavy atom. The van der Waals surface area contributed by atoms with Crippen LogP contribution >= 0.6 is 0 Å². The molecule has 4 bridgehead atoms. The summed E-state index contributed by atoms with van der Waals surface area (Å²) in [4.78, 5) is 38.7.